The molecule has 44 heavy (non-hydrogen) atoms. The van der Waals surface area contributed by atoms with Crippen molar-refractivity contribution in [3.05, 3.63) is 117 Å². The van der Waals surface area contributed by atoms with E-state index in [1.165, 1.54) is 43.8 Å². The third-order valence-corrected chi connectivity index (χ3v) is 9.18. The molecule has 2 heterocycles. The number of rotatable bonds is 4. The summed E-state index contributed by atoms with van der Waals surface area (Å²) in [6.07, 6.45) is 1.22. The van der Waals surface area contributed by atoms with Crippen LogP contribution in [0.25, 0.3) is 55.0 Å². The number of hydrogen-bond acceptors (Lipinski definition) is 2. The minimum atomic E-state index is 0.570. The first-order chi connectivity index (χ1) is 21.3. The molecule has 0 saturated heterocycles. The average molecular weight is 571 g/mol. The van der Waals surface area contributed by atoms with Gasteiger partial charge in [-0.15, -0.1) is 0 Å². The van der Waals surface area contributed by atoms with Crippen LogP contribution in [0.15, 0.2) is 72.8 Å². The standard InChI is InChI=1S/C40H34N4/c1-7-27-33(21-41)39(43-35-13-9-23(3)17-29(35)30-18-24(4)10-14-36(30)43)28(8-2)40(34(27)22-42)44-37-15-11-25(5)19-31(37)32-20-26(6)12-16-38(32)44/h9-20H,7-8H2,1-6H3. The van der Waals surface area contributed by atoms with Gasteiger partial charge in [-0.3, -0.25) is 0 Å². The molecule has 0 atom stereocenters. The molecule has 0 N–H and O–H groups in total. The molecule has 4 heteroatoms. The van der Waals surface area contributed by atoms with Crippen molar-refractivity contribution in [3.63, 3.8) is 0 Å². The van der Waals surface area contributed by atoms with Crippen molar-refractivity contribution in [1.29, 1.82) is 10.5 Å². The van der Waals surface area contributed by atoms with Gasteiger partial charge >= 0.3 is 0 Å². The summed E-state index contributed by atoms with van der Waals surface area (Å²) in [7, 11) is 0. The van der Waals surface area contributed by atoms with E-state index in [0.717, 1.165) is 44.6 Å². The quantitative estimate of drug-likeness (QED) is 0.211. The lowest BCUT2D eigenvalue weighted by Gasteiger charge is -2.24. The van der Waals surface area contributed by atoms with Gasteiger partial charge in [0.1, 0.15) is 12.1 Å². The SMILES string of the molecule is CCc1c(C#N)c(-n2c3ccc(C)cc3c3cc(C)ccc32)c(CC)c(-n2c3ccc(C)cc3c3cc(C)ccc32)c1C#N. The average Bonchev–Trinajstić information content (AvgIpc) is 3.50. The summed E-state index contributed by atoms with van der Waals surface area (Å²) in [5, 5.41) is 26.4. The highest BCUT2D eigenvalue weighted by Gasteiger charge is 2.28. The molecule has 7 rings (SSSR count). The summed E-state index contributed by atoms with van der Waals surface area (Å²) in [6.45, 7) is 12.7. The van der Waals surface area contributed by atoms with Gasteiger partial charge in [-0.05, 0) is 94.6 Å². The van der Waals surface area contributed by atoms with E-state index >= 15 is 0 Å². The van der Waals surface area contributed by atoms with E-state index in [1.54, 1.807) is 0 Å². The van der Waals surface area contributed by atoms with E-state index in [2.05, 4.69) is 129 Å². The normalized spacial score (nSPS) is 11.5. The summed E-state index contributed by atoms with van der Waals surface area (Å²) < 4.78 is 4.57. The minimum absolute atomic E-state index is 0.570. The molecule has 0 amide bonds. The molecule has 0 fully saturated rings. The molecule has 0 aliphatic rings. The van der Waals surface area contributed by atoms with Crippen molar-refractivity contribution in [2.75, 3.05) is 0 Å². The van der Waals surface area contributed by atoms with Crippen molar-refractivity contribution < 1.29 is 0 Å². The molecule has 4 nitrogen and oxygen atoms in total. The second-order valence-corrected chi connectivity index (χ2v) is 12.1. The van der Waals surface area contributed by atoms with Gasteiger partial charge in [0, 0.05) is 27.1 Å². The van der Waals surface area contributed by atoms with Gasteiger partial charge in [0.2, 0.25) is 0 Å². The first kappa shape index (κ1) is 27.5. The van der Waals surface area contributed by atoms with Crippen LogP contribution in [0.3, 0.4) is 0 Å². The largest absolute Gasteiger partial charge is 0.308 e. The van der Waals surface area contributed by atoms with Crippen LogP contribution >= 0.6 is 0 Å². The summed E-state index contributed by atoms with van der Waals surface area (Å²) in [6, 6.07) is 31.4. The summed E-state index contributed by atoms with van der Waals surface area (Å²) in [5.41, 5.74) is 13.7. The Morgan fingerprint density at radius 1 is 0.477 bits per heavy atom. The minimum Gasteiger partial charge on any atom is -0.308 e. The molecule has 0 radical (unpaired) electrons. The van der Waals surface area contributed by atoms with Crippen LogP contribution in [0.5, 0.6) is 0 Å². The lowest BCUT2D eigenvalue weighted by molar-refractivity contribution is 0.985. The lowest BCUT2D eigenvalue weighted by atomic mass is 9.90. The van der Waals surface area contributed by atoms with Gasteiger partial charge in [0.15, 0.2) is 0 Å². The van der Waals surface area contributed by atoms with E-state index < -0.39 is 0 Å². The Morgan fingerprint density at radius 3 is 1.02 bits per heavy atom. The van der Waals surface area contributed by atoms with E-state index in [1.807, 2.05) is 6.92 Å². The molecule has 0 aliphatic carbocycles. The number of nitriles is 2. The highest BCUT2D eigenvalue weighted by atomic mass is 15.0. The Kier molecular flexibility index (Phi) is 6.34. The molecule has 2 aromatic heterocycles. The van der Waals surface area contributed by atoms with Crippen LogP contribution in [-0.2, 0) is 12.8 Å². The number of benzene rings is 5. The molecule has 5 aromatic carbocycles. The highest BCUT2D eigenvalue weighted by molar-refractivity contribution is 6.12. The molecule has 7 aromatic rings. The summed E-state index contributed by atoms with van der Waals surface area (Å²) >= 11 is 0. The third-order valence-electron chi connectivity index (χ3n) is 9.18. The van der Waals surface area contributed by atoms with Crippen molar-refractivity contribution in [2.45, 2.75) is 54.4 Å². The highest BCUT2D eigenvalue weighted by Crippen LogP contribution is 2.43. The van der Waals surface area contributed by atoms with Crippen LogP contribution in [0.4, 0.5) is 0 Å². The van der Waals surface area contributed by atoms with E-state index in [0.29, 0.717) is 24.0 Å². The predicted molar refractivity (Wildman–Crippen MR) is 182 cm³/mol. The number of aromatic nitrogens is 2. The van der Waals surface area contributed by atoms with E-state index in [4.69, 9.17) is 0 Å². The maximum absolute atomic E-state index is 10.8. The predicted octanol–water partition coefficient (Wildman–Crippen LogP) is 9.98. The van der Waals surface area contributed by atoms with Crippen molar-refractivity contribution in [3.8, 4) is 23.5 Å². The molecular formula is C40H34N4. The van der Waals surface area contributed by atoms with Crippen LogP contribution in [0, 0.1) is 50.4 Å². The van der Waals surface area contributed by atoms with Gasteiger partial charge in [-0.1, -0.05) is 60.4 Å². The van der Waals surface area contributed by atoms with Crippen molar-refractivity contribution >= 4 is 43.6 Å². The summed E-state index contributed by atoms with van der Waals surface area (Å²) in [4.78, 5) is 0. The fourth-order valence-corrected chi connectivity index (χ4v) is 7.23. The van der Waals surface area contributed by atoms with Gasteiger partial charge < -0.3 is 9.13 Å². The Labute approximate surface area is 258 Å². The van der Waals surface area contributed by atoms with Crippen LogP contribution in [0.2, 0.25) is 0 Å². The maximum Gasteiger partial charge on any atom is 0.102 e. The number of hydrogen-bond donors (Lipinski definition) is 0. The van der Waals surface area contributed by atoms with Crippen LogP contribution in [0.1, 0.15) is 58.4 Å². The van der Waals surface area contributed by atoms with Gasteiger partial charge in [0.05, 0.1) is 44.6 Å². The molecule has 0 saturated carbocycles. The molecule has 0 bridgehead atoms. The van der Waals surface area contributed by atoms with Gasteiger partial charge in [0.25, 0.3) is 0 Å². The Morgan fingerprint density at radius 2 is 0.773 bits per heavy atom. The third kappa shape index (κ3) is 3.81. The van der Waals surface area contributed by atoms with Crippen LogP contribution in [-0.4, -0.2) is 9.13 Å². The Balaban J connectivity index is 1.76. The van der Waals surface area contributed by atoms with Crippen LogP contribution < -0.4 is 0 Å². The molecule has 0 spiro atoms. The van der Waals surface area contributed by atoms with Crippen molar-refractivity contribution in [1.82, 2.24) is 9.13 Å². The number of nitrogens with zero attached hydrogens (tertiary/aromatic N) is 4. The maximum atomic E-state index is 10.8. The smallest absolute Gasteiger partial charge is 0.102 e. The van der Waals surface area contributed by atoms with Gasteiger partial charge in [-0.2, -0.15) is 10.5 Å². The molecule has 214 valence electrons. The Bertz CT molecular complexity index is 2130. The second kappa shape index (κ2) is 10.1. The summed E-state index contributed by atoms with van der Waals surface area (Å²) in [5.74, 6) is 0. The monoisotopic (exact) mass is 570 g/mol. The number of fused-ring (bicyclic) bond motifs is 6. The first-order valence-electron chi connectivity index (χ1n) is 15.4. The molecule has 0 unspecified atom stereocenters. The lowest BCUT2D eigenvalue weighted by Crippen LogP contribution is -2.14. The van der Waals surface area contributed by atoms with Crippen molar-refractivity contribution in [2.24, 2.45) is 0 Å². The fourth-order valence-electron chi connectivity index (χ4n) is 7.23. The zero-order valence-corrected chi connectivity index (χ0v) is 26.1. The Hall–Kier alpha value is -5.32. The molecule has 0 aliphatic heterocycles. The van der Waals surface area contributed by atoms with E-state index in [9.17, 15) is 10.5 Å². The topological polar surface area (TPSA) is 57.4 Å². The first-order valence-corrected chi connectivity index (χ1v) is 15.4. The number of aryl methyl sites for hydroxylation is 4. The molecular weight excluding hydrogens is 536 g/mol. The fraction of sp³-hybridized carbons (Fsp3) is 0.200. The zero-order chi connectivity index (χ0) is 30.9. The zero-order valence-electron chi connectivity index (χ0n) is 26.1. The van der Waals surface area contributed by atoms with E-state index in [-0.39, 0.29) is 0 Å². The van der Waals surface area contributed by atoms with Gasteiger partial charge in [-0.25, -0.2) is 0 Å². The second-order valence-electron chi connectivity index (χ2n) is 12.1.